The maximum Gasteiger partial charge on any atom is 0.272 e. The zero-order valence-electron chi connectivity index (χ0n) is 23.1. The van der Waals surface area contributed by atoms with Crippen LogP contribution in [0.4, 0.5) is 17.2 Å². The van der Waals surface area contributed by atoms with Crippen molar-refractivity contribution in [1.29, 1.82) is 0 Å². The van der Waals surface area contributed by atoms with Gasteiger partial charge in [-0.3, -0.25) is 14.4 Å². The summed E-state index contributed by atoms with van der Waals surface area (Å²) in [5.74, 6) is -0.431. The molecule has 0 unspecified atom stereocenters. The zero-order chi connectivity index (χ0) is 28.8. The predicted octanol–water partition coefficient (Wildman–Crippen LogP) is 1.44. The van der Waals surface area contributed by atoms with Gasteiger partial charge < -0.3 is 40.3 Å². The van der Waals surface area contributed by atoms with E-state index in [1.165, 1.54) is 6.33 Å². The van der Waals surface area contributed by atoms with Gasteiger partial charge in [0, 0.05) is 46.0 Å². The van der Waals surface area contributed by atoms with Gasteiger partial charge in [-0.25, -0.2) is 15.0 Å². The number of fused-ring (bicyclic) bond motifs is 1. The molecular formula is C26H35N11O3. The molecule has 0 aromatic carbocycles. The number of amides is 3. The van der Waals surface area contributed by atoms with Crippen LogP contribution in [0.15, 0.2) is 37.2 Å². The smallest absolute Gasteiger partial charge is 0.272 e. The Bertz CT molecular complexity index is 1520. The first kappa shape index (κ1) is 28.3. The molecule has 4 aromatic rings. The lowest BCUT2D eigenvalue weighted by molar-refractivity contribution is -0.116. The largest absolute Gasteiger partial charge is 0.382 e. The second-order valence-corrected chi connectivity index (χ2v) is 9.84. The summed E-state index contributed by atoms with van der Waals surface area (Å²) < 4.78 is 5.13. The van der Waals surface area contributed by atoms with Crippen molar-refractivity contribution in [3.8, 4) is 0 Å². The average Bonchev–Trinajstić information content (AvgIpc) is 3.59. The Balaban J connectivity index is 1.28. The van der Waals surface area contributed by atoms with E-state index >= 15 is 0 Å². The van der Waals surface area contributed by atoms with Crippen molar-refractivity contribution in [2.75, 3.05) is 43.6 Å². The molecule has 4 heterocycles. The SMILES string of the molecule is CN(C)CCCNC(=O)c1cc(NC(=O)c2cc(NC(=O)CCCn3cnc4c(N)ncnc43)cn2C)cn1C. The van der Waals surface area contributed by atoms with E-state index in [0.717, 1.165) is 13.0 Å². The molecule has 212 valence electrons. The van der Waals surface area contributed by atoms with Crippen molar-refractivity contribution in [2.45, 2.75) is 25.8 Å². The number of hydrogen-bond donors (Lipinski definition) is 4. The van der Waals surface area contributed by atoms with Gasteiger partial charge in [-0.1, -0.05) is 0 Å². The molecule has 0 aliphatic rings. The number of aromatic nitrogens is 6. The Morgan fingerprint density at radius 2 is 1.60 bits per heavy atom. The van der Waals surface area contributed by atoms with Gasteiger partial charge in [0.2, 0.25) is 5.91 Å². The monoisotopic (exact) mass is 549 g/mol. The number of anilines is 3. The normalized spacial score (nSPS) is 11.2. The van der Waals surface area contributed by atoms with Gasteiger partial charge >= 0.3 is 0 Å². The van der Waals surface area contributed by atoms with Gasteiger partial charge in [-0.15, -0.1) is 0 Å². The van der Waals surface area contributed by atoms with Crippen LogP contribution in [0.3, 0.4) is 0 Å². The highest BCUT2D eigenvalue weighted by molar-refractivity contribution is 6.05. The molecule has 0 fully saturated rings. The van der Waals surface area contributed by atoms with Crippen LogP contribution in [-0.2, 0) is 25.4 Å². The van der Waals surface area contributed by atoms with Crippen LogP contribution >= 0.6 is 0 Å². The molecule has 4 aromatic heterocycles. The first-order valence-electron chi connectivity index (χ1n) is 12.9. The van der Waals surface area contributed by atoms with E-state index in [-0.39, 0.29) is 24.1 Å². The van der Waals surface area contributed by atoms with E-state index < -0.39 is 0 Å². The molecule has 0 spiro atoms. The Morgan fingerprint density at radius 1 is 0.925 bits per heavy atom. The second-order valence-electron chi connectivity index (χ2n) is 9.84. The molecule has 0 aliphatic carbocycles. The van der Waals surface area contributed by atoms with Crippen LogP contribution < -0.4 is 21.7 Å². The lowest BCUT2D eigenvalue weighted by Gasteiger charge is -2.10. The van der Waals surface area contributed by atoms with Crippen molar-refractivity contribution in [3.05, 3.63) is 48.6 Å². The molecule has 0 saturated heterocycles. The van der Waals surface area contributed by atoms with Crippen molar-refractivity contribution in [3.63, 3.8) is 0 Å². The van der Waals surface area contributed by atoms with Crippen LogP contribution in [0.25, 0.3) is 11.2 Å². The van der Waals surface area contributed by atoms with E-state index in [0.29, 0.717) is 59.3 Å². The van der Waals surface area contributed by atoms with E-state index in [9.17, 15) is 14.4 Å². The molecule has 0 saturated carbocycles. The van der Waals surface area contributed by atoms with E-state index in [4.69, 9.17) is 5.73 Å². The van der Waals surface area contributed by atoms with Crippen molar-refractivity contribution in [2.24, 2.45) is 14.1 Å². The van der Waals surface area contributed by atoms with Crippen LogP contribution in [-0.4, -0.2) is 78.5 Å². The van der Waals surface area contributed by atoms with Gasteiger partial charge in [-0.05, 0) is 45.6 Å². The summed E-state index contributed by atoms with van der Waals surface area (Å²) in [6, 6.07) is 3.24. The Morgan fingerprint density at radius 3 is 2.30 bits per heavy atom. The van der Waals surface area contributed by atoms with E-state index in [1.807, 2.05) is 18.7 Å². The lowest BCUT2D eigenvalue weighted by atomic mass is 10.3. The number of carbonyl (C=O) groups excluding carboxylic acids is 3. The highest BCUT2D eigenvalue weighted by Gasteiger charge is 2.17. The summed E-state index contributed by atoms with van der Waals surface area (Å²) in [6.07, 6.45) is 8.03. The fourth-order valence-electron chi connectivity index (χ4n) is 4.30. The fraction of sp³-hybridized carbons (Fsp3) is 0.385. The number of nitrogen functional groups attached to an aromatic ring is 1. The third-order valence-electron chi connectivity index (χ3n) is 6.32. The predicted molar refractivity (Wildman–Crippen MR) is 152 cm³/mol. The lowest BCUT2D eigenvalue weighted by Crippen LogP contribution is -2.28. The van der Waals surface area contributed by atoms with Crippen molar-refractivity contribution >= 4 is 46.1 Å². The first-order valence-corrected chi connectivity index (χ1v) is 12.9. The molecule has 40 heavy (non-hydrogen) atoms. The highest BCUT2D eigenvalue weighted by Crippen LogP contribution is 2.18. The summed E-state index contributed by atoms with van der Waals surface area (Å²) in [4.78, 5) is 52.4. The summed E-state index contributed by atoms with van der Waals surface area (Å²) in [7, 11) is 7.44. The van der Waals surface area contributed by atoms with Gasteiger partial charge in [-0.2, -0.15) is 0 Å². The molecule has 3 amide bonds. The molecule has 0 atom stereocenters. The summed E-state index contributed by atoms with van der Waals surface area (Å²) >= 11 is 0. The zero-order valence-corrected chi connectivity index (χ0v) is 23.1. The third kappa shape index (κ3) is 6.83. The Labute approximate surface area is 231 Å². The standard InChI is InChI=1S/C26H35N11O3/c1-34(2)9-6-8-28-25(39)19-12-18(14-35(19)3)33-26(40)20-11-17(13-36(20)4)32-21(38)7-5-10-37-16-31-22-23(27)29-15-30-24(22)37/h11-16H,5-10H2,1-4H3,(H,28,39)(H,32,38)(H,33,40)(H2,27,29,30). The summed E-state index contributed by atoms with van der Waals surface area (Å²) in [5.41, 5.74) is 8.79. The molecular weight excluding hydrogens is 514 g/mol. The fourth-order valence-corrected chi connectivity index (χ4v) is 4.30. The summed E-state index contributed by atoms with van der Waals surface area (Å²) in [5, 5.41) is 8.56. The molecule has 0 bridgehead atoms. The number of nitrogens with zero attached hydrogens (tertiary/aromatic N) is 7. The molecule has 14 nitrogen and oxygen atoms in total. The number of aryl methyl sites for hydroxylation is 3. The minimum Gasteiger partial charge on any atom is -0.382 e. The first-order chi connectivity index (χ1) is 19.1. The number of hydrogen-bond acceptors (Lipinski definition) is 8. The van der Waals surface area contributed by atoms with Gasteiger partial charge in [0.15, 0.2) is 11.5 Å². The van der Waals surface area contributed by atoms with Crippen molar-refractivity contribution in [1.82, 2.24) is 38.9 Å². The molecule has 0 aliphatic heterocycles. The number of rotatable bonds is 12. The molecule has 14 heteroatoms. The molecule has 0 radical (unpaired) electrons. The number of nitrogens with one attached hydrogen (secondary N) is 3. The highest BCUT2D eigenvalue weighted by atomic mass is 16.2. The topological polar surface area (TPSA) is 170 Å². The van der Waals surface area contributed by atoms with Crippen molar-refractivity contribution < 1.29 is 14.4 Å². The Hall–Kier alpha value is -4.72. The number of imidazole rings is 1. The van der Waals surface area contributed by atoms with Crippen LogP contribution in [0.1, 0.15) is 40.2 Å². The van der Waals surface area contributed by atoms with Gasteiger partial charge in [0.25, 0.3) is 11.8 Å². The van der Waals surface area contributed by atoms with Crippen LogP contribution in [0.5, 0.6) is 0 Å². The summed E-state index contributed by atoms with van der Waals surface area (Å²) in [6.45, 7) is 1.98. The quantitative estimate of drug-likeness (QED) is 0.192. The number of nitrogens with two attached hydrogens (primary N) is 1. The van der Waals surface area contributed by atoms with Crippen LogP contribution in [0, 0.1) is 0 Å². The molecule has 5 N–H and O–H groups in total. The average molecular weight is 550 g/mol. The minimum absolute atomic E-state index is 0.180. The Kier molecular flexibility index (Phi) is 8.79. The van der Waals surface area contributed by atoms with E-state index in [2.05, 4.69) is 35.8 Å². The van der Waals surface area contributed by atoms with Gasteiger partial charge in [0.05, 0.1) is 17.7 Å². The molecule has 4 rings (SSSR count). The second kappa shape index (κ2) is 12.4. The van der Waals surface area contributed by atoms with E-state index in [1.54, 1.807) is 54.1 Å². The maximum atomic E-state index is 12.9. The number of carbonyl (C=O) groups is 3. The third-order valence-corrected chi connectivity index (χ3v) is 6.32. The maximum absolute atomic E-state index is 12.9. The van der Waals surface area contributed by atoms with Gasteiger partial charge in [0.1, 0.15) is 23.2 Å². The minimum atomic E-state index is -0.361. The van der Waals surface area contributed by atoms with Crippen LogP contribution in [0.2, 0.25) is 0 Å².